The molecule has 1 heterocycles. The van der Waals surface area contributed by atoms with Crippen LogP contribution in [0.3, 0.4) is 0 Å². The minimum Gasteiger partial charge on any atom is -0.461 e. The van der Waals surface area contributed by atoms with E-state index in [9.17, 15) is 0 Å². The fourth-order valence-corrected chi connectivity index (χ4v) is 0.771. The SMILES string of the molecule is C#CC(C)Oc1ncccc1C#N. The summed E-state index contributed by atoms with van der Waals surface area (Å²) in [5.74, 6) is 2.68. The summed E-state index contributed by atoms with van der Waals surface area (Å²) in [5, 5.41) is 8.68. The monoisotopic (exact) mass is 172 g/mol. The van der Waals surface area contributed by atoms with Crippen LogP contribution in [0, 0.1) is 23.7 Å². The van der Waals surface area contributed by atoms with E-state index in [0.29, 0.717) is 5.56 Å². The van der Waals surface area contributed by atoms with Crippen molar-refractivity contribution >= 4 is 0 Å². The van der Waals surface area contributed by atoms with Crippen LogP contribution in [0.5, 0.6) is 5.88 Å². The molecule has 0 N–H and O–H groups in total. The molecule has 0 fully saturated rings. The van der Waals surface area contributed by atoms with Gasteiger partial charge < -0.3 is 4.74 Å². The summed E-state index contributed by atoms with van der Waals surface area (Å²) in [6, 6.07) is 5.27. The first-order valence-corrected chi connectivity index (χ1v) is 3.76. The van der Waals surface area contributed by atoms with E-state index in [1.165, 1.54) is 0 Å². The van der Waals surface area contributed by atoms with E-state index < -0.39 is 0 Å². The maximum absolute atomic E-state index is 8.68. The summed E-state index contributed by atoms with van der Waals surface area (Å²) < 4.78 is 5.22. The van der Waals surface area contributed by atoms with Crippen LogP contribution in [0.1, 0.15) is 12.5 Å². The first-order chi connectivity index (χ1) is 6.27. The molecule has 0 saturated heterocycles. The highest BCUT2D eigenvalue weighted by molar-refractivity contribution is 5.37. The van der Waals surface area contributed by atoms with Crippen molar-refractivity contribution in [3.63, 3.8) is 0 Å². The Bertz CT molecular complexity index is 373. The molecule has 3 nitrogen and oxygen atoms in total. The molecule has 0 radical (unpaired) electrons. The average Bonchev–Trinajstić information content (AvgIpc) is 2.18. The van der Waals surface area contributed by atoms with Gasteiger partial charge in [-0.25, -0.2) is 4.98 Å². The molecule has 0 aliphatic carbocycles. The number of aromatic nitrogens is 1. The Hall–Kier alpha value is -2.00. The predicted molar refractivity (Wildman–Crippen MR) is 47.9 cm³/mol. The Morgan fingerprint density at radius 2 is 2.46 bits per heavy atom. The average molecular weight is 172 g/mol. The van der Waals surface area contributed by atoms with Gasteiger partial charge in [-0.1, -0.05) is 5.92 Å². The van der Waals surface area contributed by atoms with Gasteiger partial charge in [0.05, 0.1) is 0 Å². The van der Waals surface area contributed by atoms with Crippen molar-refractivity contribution in [2.24, 2.45) is 0 Å². The number of terminal acetylenes is 1. The fraction of sp³-hybridized carbons (Fsp3) is 0.200. The van der Waals surface area contributed by atoms with Crippen LogP contribution in [-0.4, -0.2) is 11.1 Å². The van der Waals surface area contributed by atoms with Gasteiger partial charge in [-0.15, -0.1) is 6.42 Å². The molecule has 1 aromatic rings. The number of ether oxygens (including phenoxy) is 1. The quantitative estimate of drug-likeness (QED) is 0.632. The maximum atomic E-state index is 8.68. The van der Waals surface area contributed by atoms with Crippen LogP contribution in [0.15, 0.2) is 18.3 Å². The van der Waals surface area contributed by atoms with Crippen LogP contribution in [0.2, 0.25) is 0 Å². The standard InChI is InChI=1S/C10H8N2O/c1-3-8(2)13-10-9(7-11)5-4-6-12-10/h1,4-6,8H,2H3. The highest BCUT2D eigenvalue weighted by atomic mass is 16.5. The van der Waals surface area contributed by atoms with Gasteiger partial charge in [0.15, 0.2) is 6.10 Å². The van der Waals surface area contributed by atoms with Crippen LogP contribution in [0.25, 0.3) is 0 Å². The van der Waals surface area contributed by atoms with E-state index in [1.54, 1.807) is 25.3 Å². The van der Waals surface area contributed by atoms with E-state index >= 15 is 0 Å². The minimum atomic E-state index is -0.373. The molecule has 0 amide bonds. The maximum Gasteiger partial charge on any atom is 0.232 e. The number of hydrogen-bond acceptors (Lipinski definition) is 3. The number of nitriles is 1. The van der Waals surface area contributed by atoms with E-state index in [1.807, 2.05) is 6.07 Å². The number of pyridine rings is 1. The Morgan fingerprint density at radius 3 is 3.08 bits per heavy atom. The second-order valence-electron chi connectivity index (χ2n) is 2.39. The summed E-state index contributed by atoms with van der Waals surface area (Å²) in [7, 11) is 0. The molecule has 0 saturated carbocycles. The summed E-state index contributed by atoms with van der Waals surface area (Å²) in [5.41, 5.74) is 0.393. The molecule has 64 valence electrons. The summed E-state index contributed by atoms with van der Waals surface area (Å²) in [4.78, 5) is 3.90. The van der Waals surface area contributed by atoms with Crippen LogP contribution in [-0.2, 0) is 0 Å². The predicted octanol–water partition coefficient (Wildman–Crippen LogP) is 1.35. The lowest BCUT2D eigenvalue weighted by atomic mass is 10.3. The van der Waals surface area contributed by atoms with E-state index in [0.717, 1.165) is 0 Å². The Morgan fingerprint density at radius 1 is 1.69 bits per heavy atom. The van der Waals surface area contributed by atoms with Crippen molar-refractivity contribution in [3.05, 3.63) is 23.9 Å². The lowest BCUT2D eigenvalue weighted by Crippen LogP contribution is -2.10. The van der Waals surface area contributed by atoms with E-state index in [-0.39, 0.29) is 12.0 Å². The van der Waals surface area contributed by atoms with Crippen molar-refractivity contribution in [1.29, 1.82) is 5.26 Å². The van der Waals surface area contributed by atoms with Crippen molar-refractivity contribution in [3.8, 4) is 24.3 Å². The minimum absolute atomic E-state index is 0.287. The third-order valence-corrected chi connectivity index (χ3v) is 1.41. The normalized spacial score (nSPS) is 11.0. The van der Waals surface area contributed by atoms with E-state index in [4.69, 9.17) is 16.4 Å². The first-order valence-electron chi connectivity index (χ1n) is 3.76. The second-order valence-corrected chi connectivity index (χ2v) is 2.39. The molecular weight excluding hydrogens is 164 g/mol. The highest BCUT2D eigenvalue weighted by Crippen LogP contribution is 2.13. The molecule has 0 bridgehead atoms. The molecule has 0 spiro atoms. The van der Waals surface area contributed by atoms with Gasteiger partial charge in [-0.05, 0) is 19.1 Å². The van der Waals surface area contributed by atoms with Gasteiger partial charge in [0, 0.05) is 6.20 Å². The smallest absolute Gasteiger partial charge is 0.232 e. The third kappa shape index (κ3) is 2.21. The summed E-state index contributed by atoms with van der Waals surface area (Å²) in [6.45, 7) is 1.72. The zero-order valence-corrected chi connectivity index (χ0v) is 7.19. The van der Waals surface area contributed by atoms with Crippen LogP contribution < -0.4 is 4.74 Å². The fourth-order valence-electron chi connectivity index (χ4n) is 0.771. The summed E-state index contributed by atoms with van der Waals surface area (Å²) >= 11 is 0. The largest absolute Gasteiger partial charge is 0.461 e. The zero-order chi connectivity index (χ0) is 9.68. The molecule has 1 atom stereocenters. The van der Waals surface area contributed by atoms with Crippen molar-refractivity contribution in [2.45, 2.75) is 13.0 Å². The summed E-state index contributed by atoms with van der Waals surface area (Å²) in [6.07, 6.45) is 6.31. The topological polar surface area (TPSA) is 45.9 Å². The number of hydrogen-bond donors (Lipinski definition) is 0. The first kappa shape index (κ1) is 9.09. The highest BCUT2D eigenvalue weighted by Gasteiger charge is 2.05. The van der Waals surface area contributed by atoms with Gasteiger partial charge in [0.1, 0.15) is 11.6 Å². The molecule has 0 aliphatic rings. The Balaban J connectivity index is 2.90. The molecule has 0 aromatic carbocycles. The molecule has 3 heteroatoms. The van der Waals surface area contributed by atoms with Gasteiger partial charge in [-0.3, -0.25) is 0 Å². The molecule has 0 aliphatic heterocycles. The van der Waals surface area contributed by atoms with Crippen molar-refractivity contribution in [2.75, 3.05) is 0 Å². The van der Waals surface area contributed by atoms with E-state index in [2.05, 4.69) is 10.9 Å². The van der Waals surface area contributed by atoms with Crippen molar-refractivity contribution < 1.29 is 4.74 Å². The molecule has 1 aromatic heterocycles. The van der Waals surface area contributed by atoms with Crippen molar-refractivity contribution in [1.82, 2.24) is 4.98 Å². The second kappa shape index (κ2) is 4.13. The molecular formula is C10H8N2O. The Labute approximate surface area is 77.0 Å². The lowest BCUT2D eigenvalue weighted by molar-refractivity contribution is 0.267. The van der Waals surface area contributed by atoms with Gasteiger partial charge in [0.25, 0.3) is 0 Å². The molecule has 13 heavy (non-hydrogen) atoms. The Kier molecular flexibility index (Phi) is 2.89. The molecule has 1 rings (SSSR count). The van der Waals surface area contributed by atoms with Gasteiger partial charge in [0.2, 0.25) is 5.88 Å². The van der Waals surface area contributed by atoms with Gasteiger partial charge in [-0.2, -0.15) is 5.26 Å². The van der Waals surface area contributed by atoms with Gasteiger partial charge >= 0.3 is 0 Å². The third-order valence-electron chi connectivity index (χ3n) is 1.41. The number of nitrogens with zero attached hydrogens (tertiary/aromatic N) is 2. The number of rotatable bonds is 2. The zero-order valence-electron chi connectivity index (χ0n) is 7.19. The molecule has 1 unspecified atom stereocenters. The lowest BCUT2D eigenvalue weighted by Gasteiger charge is -2.07. The van der Waals surface area contributed by atoms with Crippen LogP contribution >= 0.6 is 0 Å². The van der Waals surface area contributed by atoms with Crippen LogP contribution in [0.4, 0.5) is 0 Å².